The average molecular weight is 583 g/mol. The smallest absolute Gasteiger partial charge is 0.831 e. The minimum Gasteiger partial charge on any atom is -0.831 e. The quantitative estimate of drug-likeness (QED) is 0.213. The molecule has 14 heteroatoms. The van der Waals surface area contributed by atoms with E-state index < -0.39 is 37.7 Å². The zero-order chi connectivity index (χ0) is 25.7. The fraction of sp³-hybridized carbons (Fsp3) is 1.00. The predicted molar refractivity (Wildman–Crippen MR) is 98.8 cm³/mol. The van der Waals surface area contributed by atoms with Crippen LogP contribution in [0.3, 0.4) is 0 Å². The van der Waals surface area contributed by atoms with Gasteiger partial charge in [-0.2, -0.15) is 0 Å². The Balaban J connectivity index is -0.0000000356. The normalized spacial score (nSPS) is 14.1. The topological polar surface area (TPSA) is 194 Å². The van der Waals surface area contributed by atoms with Gasteiger partial charge in [-0.05, 0) is 37.7 Å². The molecule has 0 saturated heterocycles. The number of hydrogen-bond donors (Lipinski definition) is 0. The molecule has 0 aliphatic carbocycles. The molecule has 0 heterocycles. The fourth-order valence-corrected chi connectivity index (χ4v) is 0. The average Bonchev–Trinajstić information content (AvgIpc) is 2.69. The molecule has 0 radical (unpaired) electrons. The van der Waals surface area contributed by atoms with Crippen molar-refractivity contribution in [3.63, 3.8) is 0 Å². The molecule has 0 aromatic carbocycles. The fourth-order valence-electron chi connectivity index (χ4n) is 0. The third kappa shape index (κ3) is 158. The number of methoxy groups -OCH3 is 6. The summed E-state index contributed by atoms with van der Waals surface area (Å²) in [4.78, 5) is 0. The first kappa shape index (κ1) is 54.7. The van der Waals surface area contributed by atoms with Gasteiger partial charge in [-0.15, -0.1) is 0 Å². The molecule has 0 aromatic rings. The van der Waals surface area contributed by atoms with Gasteiger partial charge in [0.15, 0.2) is 0 Å². The Kier molecular flexibility index (Phi) is 85.3. The first-order valence-corrected chi connectivity index (χ1v) is 8.74. The summed E-state index contributed by atoms with van der Waals surface area (Å²) in [7, 11) is 8.32. The first-order chi connectivity index (χ1) is 13.6. The maximum atomic E-state index is 9.67. The molecule has 0 spiro atoms. The van der Waals surface area contributed by atoms with Gasteiger partial charge in [-0.1, -0.05) is 41.5 Å². The molecule has 0 bridgehead atoms. The van der Waals surface area contributed by atoms with Crippen LogP contribution in [0.4, 0.5) is 0 Å². The van der Waals surface area contributed by atoms with Gasteiger partial charge in [-0.3, -0.25) is 0 Å². The summed E-state index contributed by atoms with van der Waals surface area (Å²) in [5, 5.41) is 58.0. The summed E-state index contributed by atoms with van der Waals surface area (Å²) >= 11 is 0. The number of hydrogen-bond acceptors (Lipinski definition) is 12. The third-order valence-corrected chi connectivity index (χ3v) is 1.99. The zero-order valence-electron chi connectivity index (χ0n) is 21.8. The monoisotopic (exact) mass is 582 g/mol. The van der Waals surface area contributed by atoms with Gasteiger partial charge < -0.3 is 59.1 Å². The van der Waals surface area contributed by atoms with E-state index in [1.165, 1.54) is 84.2 Å². The van der Waals surface area contributed by atoms with Crippen molar-refractivity contribution in [3.05, 3.63) is 0 Å². The molecule has 0 fully saturated rings. The van der Waals surface area contributed by atoms with E-state index in [0.29, 0.717) is 0 Å². The Morgan fingerprint density at radius 2 is 0.375 bits per heavy atom. The number of rotatable bonds is 6. The molecule has 0 N–H and O–H groups in total. The van der Waals surface area contributed by atoms with E-state index in [4.69, 9.17) is 0 Å². The van der Waals surface area contributed by atoms with Crippen LogP contribution >= 0.6 is 0 Å². The maximum absolute atomic E-state index is 9.67. The van der Waals surface area contributed by atoms with Gasteiger partial charge in [-0.25, -0.2) is 0 Å². The van der Waals surface area contributed by atoms with Crippen LogP contribution in [0, 0.1) is 0 Å². The Bertz CT molecular complexity index is 188. The second-order valence-corrected chi connectivity index (χ2v) is 4.82. The molecule has 6 unspecified atom stereocenters. The molecule has 0 aliphatic rings. The standard InChI is InChI=1S/6C3H7O2.K.Nb/c6*1-3(4)5-2;;/h6*3H,1-2H3;;/q6*-1;+1;+5. The van der Waals surface area contributed by atoms with Crippen LogP contribution in [0.2, 0.25) is 0 Å². The maximum Gasteiger partial charge on any atom is 5.00 e. The minimum absolute atomic E-state index is 0. The summed E-state index contributed by atoms with van der Waals surface area (Å²) in [6.45, 7) is 8.67. The van der Waals surface area contributed by atoms with Crippen LogP contribution in [0.25, 0.3) is 0 Å². The van der Waals surface area contributed by atoms with E-state index in [-0.39, 0.29) is 73.8 Å². The molecule has 0 aromatic heterocycles. The predicted octanol–water partition coefficient (Wildman–Crippen LogP) is -6.96. The summed E-state index contributed by atoms with van der Waals surface area (Å²) < 4.78 is 25.2. The molecular weight excluding hydrogens is 540 g/mol. The molecule has 192 valence electrons. The minimum atomic E-state index is -0.866. The van der Waals surface area contributed by atoms with Crippen LogP contribution in [0.5, 0.6) is 0 Å². The van der Waals surface area contributed by atoms with Crippen molar-refractivity contribution in [3.8, 4) is 0 Å². The summed E-state index contributed by atoms with van der Waals surface area (Å²) in [6.07, 6.45) is -5.19. The zero-order valence-corrected chi connectivity index (χ0v) is 27.1. The van der Waals surface area contributed by atoms with Crippen LogP contribution in [-0.2, 0) is 50.8 Å². The van der Waals surface area contributed by atoms with Gasteiger partial charge in [0.05, 0.1) is 0 Å². The van der Waals surface area contributed by atoms with Crippen molar-refractivity contribution in [2.45, 2.75) is 79.3 Å². The van der Waals surface area contributed by atoms with Gasteiger partial charge in [0.25, 0.3) is 0 Å². The molecule has 0 saturated carbocycles. The second kappa shape index (κ2) is 49.9. The van der Waals surface area contributed by atoms with Gasteiger partial charge >= 0.3 is 73.8 Å². The largest absolute Gasteiger partial charge is 5.00 e. The van der Waals surface area contributed by atoms with Gasteiger partial charge in [0.1, 0.15) is 0 Å². The molecular formula is C18H42KNbO12. The van der Waals surface area contributed by atoms with E-state index in [1.54, 1.807) is 0 Å². The van der Waals surface area contributed by atoms with Crippen LogP contribution in [-0.4, -0.2) is 80.4 Å². The Morgan fingerprint density at radius 1 is 0.344 bits per heavy atom. The molecule has 0 amide bonds. The molecule has 0 rings (SSSR count). The van der Waals surface area contributed by atoms with Crippen molar-refractivity contribution >= 4 is 0 Å². The van der Waals surface area contributed by atoms with Crippen molar-refractivity contribution < 1.29 is 133 Å². The van der Waals surface area contributed by atoms with Crippen molar-refractivity contribution in [1.29, 1.82) is 0 Å². The molecule has 0 aliphatic heterocycles. The van der Waals surface area contributed by atoms with E-state index in [1.807, 2.05) is 0 Å². The summed E-state index contributed by atoms with van der Waals surface area (Å²) in [6, 6.07) is 0. The van der Waals surface area contributed by atoms with Crippen molar-refractivity contribution in [2.75, 3.05) is 42.7 Å². The third-order valence-electron chi connectivity index (χ3n) is 1.99. The van der Waals surface area contributed by atoms with Crippen molar-refractivity contribution in [1.82, 2.24) is 0 Å². The summed E-state index contributed by atoms with van der Waals surface area (Å²) in [5.41, 5.74) is 0. The SMILES string of the molecule is COC(C)[O-].COC(C)[O-].COC(C)[O-].COC(C)[O-].COC(C)[O-].COC(C)[O-].[K+].[Nb+5]. The van der Waals surface area contributed by atoms with Crippen LogP contribution < -0.4 is 82.0 Å². The summed E-state index contributed by atoms with van der Waals surface area (Å²) in [5.74, 6) is 0. The molecule has 12 nitrogen and oxygen atoms in total. The van der Waals surface area contributed by atoms with E-state index in [0.717, 1.165) is 0 Å². The van der Waals surface area contributed by atoms with Gasteiger partial charge in [0, 0.05) is 42.7 Å². The second-order valence-electron chi connectivity index (χ2n) is 4.82. The molecule has 32 heavy (non-hydrogen) atoms. The molecule has 6 atom stereocenters. The van der Waals surface area contributed by atoms with E-state index in [2.05, 4.69) is 28.4 Å². The van der Waals surface area contributed by atoms with E-state index in [9.17, 15) is 30.6 Å². The van der Waals surface area contributed by atoms with Crippen LogP contribution in [0.1, 0.15) is 41.5 Å². The number of ether oxygens (including phenoxy) is 6. The first-order valence-electron chi connectivity index (χ1n) is 8.74. The van der Waals surface area contributed by atoms with Crippen LogP contribution in [0.15, 0.2) is 0 Å². The van der Waals surface area contributed by atoms with Gasteiger partial charge in [0.2, 0.25) is 0 Å². The van der Waals surface area contributed by atoms with Crippen molar-refractivity contribution in [2.24, 2.45) is 0 Å². The Labute approximate surface area is 252 Å². The Hall–Kier alpha value is 1.90. The Morgan fingerprint density at radius 3 is 0.375 bits per heavy atom. The van der Waals surface area contributed by atoms with E-state index >= 15 is 0 Å².